The molecule has 4 aromatic rings. The van der Waals surface area contributed by atoms with Crippen molar-refractivity contribution in [2.24, 2.45) is 0 Å². The molecule has 3 heterocycles. The number of fused-ring (bicyclic) bond motifs is 1. The summed E-state index contributed by atoms with van der Waals surface area (Å²) in [5.41, 5.74) is 4.37. The van der Waals surface area contributed by atoms with Gasteiger partial charge in [-0.3, -0.25) is 14.9 Å². The summed E-state index contributed by atoms with van der Waals surface area (Å²) in [7, 11) is 0. The topological polar surface area (TPSA) is 82.1 Å². The first-order valence-electron chi connectivity index (χ1n) is 9.88. The standard InChI is InChI=1S/C24H20N4O2S/c1-31-17-10-8-16(9-11-17)23-20-21(18-6-2-3-7-19(18)29)26-27-22(20)24(30)28(23)14-15-5-4-12-25-13-15/h2-13,23,29H,14H2,1H3,(H,26,27). The van der Waals surface area contributed by atoms with Crippen LogP contribution in [0, 0.1) is 0 Å². The molecule has 2 aromatic carbocycles. The van der Waals surface area contributed by atoms with Crippen LogP contribution in [0.3, 0.4) is 0 Å². The third-order valence-corrected chi connectivity index (χ3v) is 6.27. The highest BCUT2D eigenvalue weighted by Crippen LogP contribution is 2.45. The number of hydrogen-bond acceptors (Lipinski definition) is 5. The van der Waals surface area contributed by atoms with Crippen LogP contribution in [0.5, 0.6) is 5.75 Å². The van der Waals surface area contributed by atoms with Gasteiger partial charge < -0.3 is 10.0 Å². The summed E-state index contributed by atoms with van der Waals surface area (Å²) in [5.74, 6) is 0.0124. The number of nitrogens with zero attached hydrogens (tertiary/aromatic N) is 3. The molecule has 1 amide bonds. The normalized spacial score (nSPS) is 15.3. The van der Waals surface area contributed by atoms with E-state index in [0.717, 1.165) is 21.6 Å². The summed E-state index contributed by atoms with van der Waals surface area (Å²) in [4.78, 5) is 20.6. The smallest absolute Gasteiger partial charge is 0.273 e. The number of phenols is 1. The summed E-state index contributed by atoms with van der Waals surface area (Å²) in [6.45, 7) is 0.421. The number of benzene rings is 2. The van der Waals surface area contributed by atoms with Gasteiger partial charge >= 0.3 is 0 Å². The number of pyridine rings is 1. The number of amides is 1. The molecule has 0 radical (unpaired) electrons. The van der Waals surface area contributed by atoms with Crippen LogP contribution in [0.15, 0.2) is 78.0 Å². The highest BCUT2D eigenvalue weighted by Gasteiger charge is 2.42. The zero-order valence-corrected chi connectivity index (χ0v) is 17.6. The maximum atomic E-state index is 13.4. The molecule has 1 aliphatic heterocycles. The SMILES string of the molecule is CSc1ccc(C2c3c(-c4ccccc4O)n[nH]c3C(=O)N2Cc2cccnc2)cc1. The van der Waals surface area contributed by atoms with Crippen molar-refractivity contribution in [1.29, 1.82) is 0 Å². The molecule has 2 N–H and O–H groups in total. The third-order valence-electron chi connectivity index (χ3n) is 5.53. The van der Waals surface area contributed by atoms with Crippen LogP contribution >= 0.6 is 11.8 Å². The van der Waals surface area contributed by atoms with Crippen molar-refractivity contribution < 1.29 is 9.90 Å². The number of H-pyrrole nitrogens is 1. The van der Waals surface area contributed by atoms with Gasteiger partial charge in [0.15, 0.2) is 0 Å². The molecule has 6 nitrogen and oxygen atoms in total. The van der Waals surface area contributed by atoms with E-state index in [0.29, 0.717) is 23.5 Å². The maximum Gasteiger partial charge on any atom is 0.273 e. The van der Waals surface area contributed by atoms with Gasteiger partial charge in [-0.2, -0.15) is 5.10 Å². The number of aromatic nitrogens is 3. The molecule has 0 bridgehead atoms. The zero-order chi connectivity index (χ0) is 21.4. The lowest BCUT2D eigenvalue weighted by Crippen LogP contribution is -2.29. The molecule has 2 aromatic heterocycles. The van der Waals surface area contributed by atoms with E-state index in [9.17, 15) is 9.90 Å². The molecule has 1 aliphatic rings. The number of carbonyl (C=O) groups is 1. The van der Waals surface area contributed by atoms with E-state index in [1.807, 2.05) is 35.4 Å². The van der Waals surface area contributed by atoms with Crippen LogP contribution in [-0.2, 0) is 6.54 Å². The molecule has 154 valence electrons. The fourth-order valence-electron chi connectivity index (χ4n) is 4.06. The van der Waals surface area contributed by atoms with E-state index < -0.39 is 0 Å². The van der Waals surface area contributed by atoms with Gasteiger partial charge in [-0.1, -0.05) is 30.3 Å². The van der Waals surface area contributed by atoms with Crippen molar-refractivity contribution in [1.82, 2.24) is 20.1 Å². The van der Waals surface area contributed by atoms with Crippen LogP contribution in [0.1, 0.15) is 33.2 Å². The Balaban J connectivity index is 1.66. The molecule has 0 aliphatic carbocycles. The number of phenolic OH excluding ortho intramolecular Hbond substituents is 1. The van der Waals surface area contributed by atoms with E-state index in [-0.39, 0.29) is 17.7 Å². The van der Waals surface area contributed by atoms with Crippen LogP contribution in [0.4, 0.5) is 0 Å². The Hall–Kier alpha value is -3.58. The van der Waals surface area contributed by atoms with Crippen molar-refractivity contribution in [3.63, 3.8) is 0 Å². The van der Waals surface area contributed by atoms with Gasteiger partial charge in [0, 0.05) is 35.0 Å². The van der Waals surface area contributed by atoms with Crippen molar-refractivity contribution >= 4 is 17.7 Å². The summed E-state index contributed by atoms with van der Waals surface area (Å²) >= 11 is 1.67. The second kappa shape index (κ2) is 7.92. The van der Waals surface area contributed by atoms with Gasteiger partial charge in [-0.05, 0) is 47.7 Å². The molecule has 1 unspecified atom stereocenters. The number of para-hydroxylation sites is 1. The fraction of sp³-hybridized carbons (Fsp3) is 0.125. The first kappa shape index (κ1) is 19.4. The van der Waals surface area contributed by atoms with E-state index in [1.54, 1.807) is 36.3 Å². The Bertz CT molecular complexity index is 1240. The Kier molecular flexibility index (Phi) is 4.95. The largest absolute Gasteiger partial charge is 0.507 e. The van der Waals surface area contributed by atoms with E-state index in [4.69, 9.17) is 0 Å². The van der Waals surface area contributed by atoms with E-state index in [1.165, 1.54) is 0 Å². The Morgan fingerprint density at radius 2 is 1.90 bits per heavy atom. The van der Waals surface area contributed by atoms with E-state index in [2.05, 4.69) is 39.4 Å². The zero-order valence-electron chi connectivity index (χ0n) is 16.8. The Morgan fingerprint density at radius 3 is 2.61 bits per heavy atom. The highest BCUT2D eigenvalue weighted by atomic mass is 32.2. The van der Waals surface area contributed by atoms with Crippen molar-refractivity contribution in [3.8, 4) is 17.0 Å². The van der Waals surface area contributed by atoms with Crippen LogP contribution < -0.4 is 0 Å². The fourth-order valence-corrected chi connectivity index (χ4v) is 4.47. The molecular weight excluding hydrogens is 408 g/mol. The average Bonchev–Trinajstić information content (AvgIpc) is 3.34. The first-order chi connectivity index (χ1) is 15.2. The highest BCUT2D eigenvalue weighted by molar-refractivity contribution is 7.98. The van der Waals surface area contributed by atoms with Crippen LogP contribution in [-0.4, -0.2) is 37.4 Å². The molecular formula is C24H20N4O2S. The molecule has 0 spiro atoms. The van der Waals surface area contributed by atoms with Gasteiger partial charge in [0.2, 0.25) is 0 Å². The Labute approximate surface area is 184 Å². The van der Waals surface area contributed by atoms with Gasteiger partial charge in [0.05, 0.1) is 6.04 Å². The minimum absolute atomic E-state index is 0.119. The number of rotatable bonds is 5. The number of hydrogen-bond donors (Lipinski definition) is 2. The second-order valence-electron chi connectivity index (χ2n) is 7.35. The van der Waals surface area contributed by atoms with Gasteiger partial charge in [0.25, 0.3) is 5.91 Å². The lowest BCUT2D eigenvalue weighted by molar-refractivity contribution is 0.0730. The van der Waals surface area contributed by atoms with Crippen molar-refractivity contribution in [3.05, 3.63) is 95.4 Å². The summed E-state index contributed by atoms with van der Waals surface area (Å²) in [5, 5.41) is 17.8. The molecule has 0 saturated carbocycles. The molecule has 31 heavy (non-hydrogen) atoms. The number of aromatic amines is 1. The minimum Gasteiger partial charge on any atom is -0.507 e. The molecule has 1 atom stereocenters. The number of carbonyl (C=O) groups excluding carboxylic acids is 1. The lowest BCUT2D eigenvalue weighted by atomic mass is 9.95. The Morgan fingerprint density at radius 1 is 1.10 bits per heavy atom. The van der Waals surface area contributed by atoms with Crippen LogP contribution in [0.25, 0.3) is 11.3 Å². The van der Waals surface area contributed by atoms with Gasteiger partial charge in [-0.25, -0.2) is 0 Å². The predicted molar refractivity (Wildman–Crippen MR) is 120 cm³/mol. The lowest BCUT2D eigenvalue weighted by Gasteiger charge is -2.26. The number of nitrogens with one attached hydrogen (secondary N) is 1. The third kappa shape index (κ3) is 3.37. The second-order valence-corrected chi connectivity index (χ2v) is 8.23. The maximum absolute atomic E-state index is 13.4. The monoisotopic (exact) mass is 428 g/mol. The summed E-state index contributed by atoms with van der Waals surface area (Å²) in [6.07, 6.45) is 5.53. The molecule has 0 fully saturated rings. The summed E-state index contributed by atoms with van der Waals surface area (Å²) < 4.78 is 0. The quantitative estimate of drug-likeness (QED) is 0.453. The molecule has 0 saturated heterocycles. The van der Waals surface area contributed by atoms with Crippen molar-refractivity contribution in [2.45, 2.75) is 17.5 Å². The number of thioether (sulfide) groups is 1. The minimum atomic E-state index is -0.327. The summed E-state index contributed by atoms with van der Waals surface area (Å²) in [6, 6.07) is 18.8. The van der Waals surface area contributed by atoms with Gasteiger partial charge in [0.1, 0.15) is 17.1 Å². The molecule has 5 rings (SSSR count). The van der Waals surface area contributed by atoms with E-state index >= 15 is 0 Å². The first-order valence-corrected chi connectivity index (χ1v) is 11.1. The predicted octanol–water partition coefficient (Wildman–Crippen LogP) is 4.64. The number of aromatic hydroxyl groups is 1. The van der Waals surface area contributed by atoms with Crippen molar-refractivity contribution in [2.75, 3.05) is 6.26 Å². The average molecular weight is 429 g/mol. The molecule has 7 heteroatoms. The van der Waals surface area contributed by atoms with Crippen LogP contribution in [0.2, 0.25) is 0 Å². The van der Waals surface area contributed by atoms with Gasteiger partial charge in [-0.15, -0.1) is 11.8 Å².